The van der Waals surface area contributed by atoms with Crippen LogP contribution >= 0.6 is 11.6 Å². The van der Waals surface area contributed by atoms with Gasteiger partial charge in [0.1, 0.15) is 0 Å². The standard InChI is InChI=1S/C18H16ClF6NO.C3H8O/c1-2-26(11-12-6-4-3-5-7-12)15-9-8-13(10-14(15)19)16(27,17(20,21)22)18(23,24)25;1-3(2)4/h3-10,27H,2,11H2,1H3;3-4H,1-2H3. The molecular formula is C21H24ClF6NO2. The maximum absolute atomic E-state index is 13.0. The lowest BCUT2D eigenvalue weighted by Gasteiger charge is -2.33. The minimum absolute atomic E-state index is 0.167. The molecule has 0 aliphatic rings. The summed E-state index contributed by atoms with van der Waals surface area (Å²) >= 11 is 5.99. The van der Waals surface area contributed by atoms with Crippen molar-refractivity contribution in [1.82, 2.24) is 0 Å². The molecule has 0 amide bonds. The summed E-state index contributed by atoms with van der Waals surface area (Å²) in [6, 6.07) is 11.2. The fraction of sp³-hybridized carbons (Fsp3) is 0.429. The highest BCUT2D eigenvalue weighted by molar-refractivity contribution is 6.33. The summed E-state index contributed by atoms with van der Waals surface area (Å²) in [5.41, 5.74) is -5.23. The number of aliphatic hydroxyl groups is 2. The second-order valence-corrected chi connectivity index (χ2v) is 7.37. The average Bonchev–Trinajstić information content (AvgIpc) is 2.64. The molecule has 0 atom stereocenters. The fourth-order valence-electron chi connectivity index (χ4n) is 2.65. The molecule has 0 aliphatic heterocycles. The van der Waals surface area contributed by atoms with E-state index in [1.165, 1.54) is 0 Å². The van der Waals surface area contributed by atoms with Gasteiger partial charge in [-0.25, -0.2) is 0 Å². The van der Waals surface area contributed by atoms with Crippen LogP contribution in [0.4, 0.5) is 32.0 Å². The van der Waals surface area contributed by atoms with Gasteiger partial charge in [-0.15, -0.1) is 0 Å². The topological polar surface area (TPSA) is 43.7 Å². The predicted molar refractivity (Wildman–Crippen MR) is 108 cm³/mol. The van der Waals surface area contributed by atoms with Crippen molar-refractivity contribution in [2.24, 2.45) is 0 Å². The van der Waals surface area contributed by atoms with Crippen LogP contribution in [-0.4, -0.2) is 35.2 Å². The monoisotopic (exact) mass is 471 g/mol. The average molecular weight is 472 g/mol. The van der Waals surface area contributed by atoms with E-state index in [0.717, 1.165) is 11.6 Å². The number of rotatable bonds is 5. The van der Waals surface area contributed by atoms with E-state index in [2.05, 4.69) is 0 Å². The lowest BCUT2D eigenvalue weighted by atomic mass is 9.92. The van der Waals surface area contributed by atoms with Crippen molar-refractivity contribution < 1.29 is 36.6 Å². The van der Waals surface area contributed by atoms with Gasteiger partial charge in [-0.05, 0) is 38.5 Å². The number of anilines is 1. The molecule has 31 heavy (non-hydrogen) atoms. The molecule has 0 saturated carbocycles. The molecule has 0 aliphatic carbocycles. The number of hydrogen-bond donors (Lipinski definition) is 2. The zero-order valence-electron chi connectivity index (χ0n) is 17.1. The molecule has 2 aromatic rings. The normalized spacial score (nSPS) is 12.4. The Morgan fingerprint density at radius 1 is 0.935 bits per heavy atom. The number of benzene rings is 2. The zero-order valence-corrected chi connectivity index (χ0v) is 17.9. The molecule has 0 bridgehead atoms. The van der Waals surface area contributed by atoms with Crippen molar-refractivity contribution >= 4 is 17.3 Å². The van der Waals surface area contributed by atoms with Crippen LogP contribution in [0.2, 0.25) is 5.02 Å². The highest BCUT2D eigenvalue weighted by atomic mass is 35.5. The lowest BCUT2D eigenvalue weighted by Crippen LogP contribution is -2.53. The summed E-state index contributed by atoms with van der Waals surface area (Å²) in [5.74, 6) is 0. The van der Waals surface area contributed by atoms with Gasteiger partial charge in [0.05, 0.1) is 10.7 Å². The quantitative estimate of drug-likeness (QED) is 0.520. The van der Waals surface area contributed by atoms with Crippen molar-refractivity contribution in [3.63, 3.8) is 0 Å². The minimum Gasteiger partial charge on any atom is -0.394 e. The maximum Gasteiger partial charge on any atom is 0.430 e. The van der Waals surface area contributed by atoms with Crippen LogP contribution in [0.15, 0.2) is 48.5 Å². The third-order valence-corrected chi connectivity index (χ3v) is 4.43. The van der Waals surface area contributed by atoms with E-state index >= 15 is 0 Å². The molecule has 0 spiro atoms. The van der Waals surface area contributed by atoms with Gasteiger partial charge in [0.25, 0.3) is 5.60 Å². The first kappa shape index (κ1) is 27.1. The molecule has 2 aromatic carbocycles. The van der Waals surface area contributed by atoms with Gasteiger partial charge in [-0.3, -0.25) is 0 Å². The SMILES string of the molecule is CC(C)O.CCN(Cc1ccccc1)c1ccc(C(O)(C(F)(F)F)C(F)(F)F)cc1Cl. The summed E-state index contributed by atoms with van der Waals surface area (Å²) in [5, 5.41) is 17.2. The van der Waals surface area contributed by atoms with Gasteiger partial charge in [-0.2, -0.15) is 26.3 Å². The Kier molecular flexibility index (Phi) is 9.22. The van der Waals surface area contributed by atoms with Crippen LogP contribution < -0.4 is 4.90 Å². The third-order valence-electron chi connectivity index (χ3n) is 4.12. The van der Waals surface area contributed by atoms with Crippen molar-refractivity contribution in [2.75, 3.05) is 11.4 Å². The van der Waals surface area contributed by atoms with Crippen LogP contribution in [0.5, 0.6) is 0 Å². The summed E-state index contributed by atoms with van der Waals surface area (Å²) in [4.78, 5) is 1.70. The van der Waals surface area contributed by atoms with Gasteiger partial charge in [0.2, 0.25) is 0 Å². The minimum atomic E-state index is -5.95. The van der Waals surface area contributed by atoms with Gasteiger partial charge in [0, 0.05) is 24.8 Å². The van der Waals surface area contributed by atoms with Crippen molar-refractivity contribution in [3.05, 3.63) is 64.7 Å². The summed E-state index contributed by atoms with van der Waals surface area (Å²) in [6.45, 7) is 5.99. The Morgan fingerprint density at radius 2 is 1.42 bits per heavy atom. The van der Waals surface area contributed by atoms with E-state index in [0.29, 0.717) is 25.2 Å². The van der Waals surface area contributed by atoms with E-state index in [4.69, 9.17) is 16.7 Å². The number of halogens is 7. The lowest BCUT2D eigenvalue weighted by molar-refractivity contribution is -0.376. The molecule has 0 heterocycles. The molecule has 0 unspecified atom stereocenters. The van der Waals surface area contributed by atoms with Crippen LogP contribution in [0, 0.1) is 0 Å². The first-order valence-electron chi connectivity index (χ1n) is 9.27. The van der Waals surface area contributed by atoms with Gasteiger partial charge >= 0.3 is 12.4 Å². The number of alkyl halides is 6. The zero-order chi connectivity index (χ0) is 24.0. The highest BCUT2D eigenvalue weighted by Gasteiger charge is 2.71. The maximum atomic E-state index is 13.0. The Morgan fingerprint density at radius 3 is 1.81 bits per heavy atom. The smallest absolute Gasteiger partial charge is 0.394 e. The molecule has 10 heteroatoms. The molecule has 0 fully saturated rings. The number of nitrogens with zero attached hydrogens (tertiary/aromatic N) is 1. The van der Waals surface area contributed by atoms with Crippen molar-refractivity contribution in [3.8, 4) is 0 Å². The first-order valence-corrected chi connectivity index (χ1v) is 9.65. The molecule has 2 N–H and O–H groups in total. The van der Waals surface area contributed by atoms with Crippen LogP contribution in [-0.2, 0) is 12.1 Å². The van der Waals surface area contributed by atoms with E-state index in [9.17, 15) is 31.4 Å². The van der Waals surface area contributed by atoms with E-state index in [-0.39, 0.29) is 16.8 Å². The second kappa shape index (κ2) is 10.6. The highest BCUT2D eigenvalue weighted by Crippen LogP contribution is 2.50. The van der Waals surface area contributed by atoms with Crippen molar-refractivity contribution in [2.45, 2.75) is 51.4 Å². The predicted octanol–water partition coefficient (Wildman–Crippen LogP) is 6.07. The summed E-state index contributed by atoms with van der Waals surface area (Å²) < 4.78 is 78.0. The summed E-state index contributed by atoms with van der Waals surface area (Å²) in [7, 11) is 0. The Labute approximate surface area is 181 Å². The second-order valence-electron chi connectivity index (χ2n) is 6.97. The number of hydrogen-bond acceptors (Lipinski definition) is 3. The Bertz CT molecular complexity index is 808. The molecule has 3 nitrogen and oxygen atoms in total. The van der Waals surface area contributed by atoms with Crippen LogP contribution in [0.1, 0.15) is 31.9 Å². The largest absolute Gasteiger partial charge is 0.430 e. The number of aliphatic hydroxyl groups excluding tert-OH is 1. The molecule has 2 rings (SSSR count). The third kappa shape index (κ3) is 6.75. The molecule has 0 radical (unpaired) electrons. The summed E-state index contributed by atoms with van der Waals surface area (Å²) in [6.07, 6.45) is -12.1. The van der Waals surface area contributed by atoms with Crippen LogP contribution in [0.3, 0.4) is 0 Å². The van der Waals surface area contributed by atoms with E-state index in [1.54, 1.807) is 37.8 Å². The van der Waals surface area contributed by atoms with E-state index in [1.807, 2.05) is 18.2 Å². The molecule has 0 saturated heterocycles. The Balaban J connectivity index is 0.00000110. The van der Waals surface area contributed by atoms with E-state index < -0.39 is 23.5 Å². The van der Waals surface area contributed by atoms with Gasteiger partial charge in [-0.1, -0.05) is 48.0 Å². The molecule has 174 valence electrons. The molecule has 0 aromatic heterocycles. The molecular weight excluding hydrogens is 448 g/mol. The van der Waals surface area contributed by atoms with Crippen molar-refractivity contribution in [1.29, 1.82) is 0 Å². The van der Waals surface area contributed by atoms with Gasteiger partial charge in [0.15, 0.2) is 0 Å². The first-order chi connectivity index (χ1) is 14.1. The Hall–Kier alpha value is -1.97. The fourth-order valence-corrected chi connectivity index (χ4v) is 2.95. The van der Waals surface area contributed by atoms with Gasteiger partial charge < -0.3 is 15.1 Å². The van der Waals surface area contributed by atoms with Crippen LogP contribution in [0.25, 0.3) is 0 Å².